The van der Waals surface area contributed by atoms with E-state index in [0.717, 1.165) is 18.2 Å². The van der Waals surface area contributed by atoms with Crippen molar-refractivity contribution >= 4 is 17.9 Å². The minimum Gasteiger partial charge on any atom is -0.462 e. The zero-order valence-electron chi connectivity index (χ0n) is 17.6. The molecule has 0 aliphatic carbocycles. The number of hydrogen-bond donors (Lipinski definition) is 0. The third-order valence-corrected chi connectivity index (χ3v) is 3.85. The van der Waals surface area contributed by atoms with Gasteiger partial charge >= 0.3 is 17.9 Å². The lowest BCUT2D eigenvalue weighted by atomic mass is 9.92. The SMILES string of the molecule is C=CC(=O)OCC(COCCC(C)(C)OCC)(COC(=O)C=C)COC(=O)C=C. The fourth-order valence-electron chi connectivity index (χ4n) is 2.17. The zero-order valence-corrected chi connectivity index (χ0v) is 17.6. The second-order valence-electron chi connectivity index (χ2n) is 6.93. The lowest BCUT2D eigenvalue weighted by Gasteiger charge is -2.32. The predicted octanol–water partition coefficient (Wildman–Crippen LogP) is 2.38. The fourth-order valence-corrected chi connectivity index (χ4v) is 2.17. The van der Waals surface area contributed by atoms with E-state index in [2.05, 4.69) is 19.7 Å². The van der Waals surface area contributed by atoms with Crippen LogP contribution in [0.5, 0.6) is 0 Å². The Bertz CT molecular complexity index is 519. The maximum Gasteiger partial charge on any atom is 0.330 e. The van der Waals surface area contributed by atoms with E-state index >= 15 is 0 Å². The van der Waals surface area contributed by atoms with Crippen molar-refractivity contribution in [1.82, 2.24) is 0 Å². The molecule has 0 amide bonds. The number of rotatable bonds is 16. The van der Waals surface area contributed by atoms with Gasteiger partial charge in [0.1, 0.15) is 19.8 Å². The quantitative estimate of drug-likeness (QED) is 0.165. The van der Waals surface area contributed by atoms with Gasteiger partial charge in [0.25, 0.3) is 0 Å². The first kappa shape index (κ1) is 26.6. The molecule has 0 aliphatic heterocycles. The maximum absolute atomic E-state index is 11.5. The number of carbonyl (C=O) groups excluding carboxylic acids is 3. The minimum absolute atomic E-state index is 0.00548. The Balaban J connectivity index is 5.25. The van der Waals surface area contributed by atoms with Crippen LogP contribution >= 0.6 is 0 Å². The summed E-state index contributed by atoms with van der Waals surface area (Å²) in [4.78, 5) is 34.6. The molecule has 164 valence electrons. The summed E-state index contributed by atoms with van der Waals surface area (Å²) in [7, 11) is 0. The predicted molar refractivity (Wildman–Crippen MR) is 107 cm³/mol. The van der Waals surface area contributed by atoms with Gasteiger partial charge in [0, 0.05) is 31.4 Å². The van der Waals surface area contributed by atoms with Crippen LogP contribution in [0.3, 0.4) is 0 Å². The molecule has 0 aromatic heterocycles. The molecule has 0 N–H and O–H groups in total. The molecule has 8 nitrogen and oxygen atoms in total. The van der Waals surface area contributed by atoms with Crippen LogP contribution in [0, 0.1) is 5.41 Å². The first-order valence-corrected chi connectivity index (χ1v) is 9.23. The number of carbonyl (C=O) groups is 3. The first-order valence-electron chi connectivity index (χ1n) is 9.23. The van der Waals surface area contributed by atoms with E-state index in [0.29, 0.717) is 19.6 Å². The van der Waals surface area contributed by atoms with Gasteiger partial charge in [0.2, 0.25) is 0 Å². The van der Waals surface area contributed by atoms with E-state index in [-0.39, 0.29) is 32.0 Å². The maximum atomic E-state index is 11.5. The molecule has 0 atom stereocenters. The fraction of sp³-hybridized carbons (Fsp3) is 0.571. The molecule has 0 aromatic carbocycles. The first-order chi connectivity index (χ1) is 13.6. The van der Waals surface area contributed by atoms with Crippen LogP contribution in [0.1, 0.15) is 27.2 Å². The van der Waals surface area contributed by atoms with Gasteiger partial charge in [0.05, 0.1) is 17.6 Å². The van der Waals surface area contributed by atoms with Crippen LogP contribution in [0.4, 0.5) is 0 Å². The van der Waals surface area contributed by atoms with Crippen molar-refractivity contribution in [2.24, 2.45) is 5.41 Å². The summed E-state index contributed by atoms with van der Waals surface area (Å²) < 4.78 is 26.8. The van der Waals surface area contributed by atoms with Crippen LogP contribution in [0.2, 0.25) is 0 Å². The van der Waals surface area contributed by atoms with Crippen molar-refractivity contribution < 1.29 is 38.1 Å². The number of hydrogen-bond acceptors (Lipinski definition) is 8. The Kier molecular flexibility index (Phi) is 12.5. The van der Waals surface area contributed by atoms with E-state index in [4.69, 9.17) is 23.7 Å². The summed E-state index contributed by atoms with van der Waals surface area (Å²) in [5.41, 5.74) is -1.50. The van der Waals surface area contributed by atoms with Crippen molar-refractivity contribution in [2.75, 3.05) is 39.6 Å². The zero-order chi connectivity index (χ0) is 22.3. The van der Waals surface area contributed by atoms with Gasteiger partial charge in [-0.3, -0.25) is 0 Å². The molecule has 0 bridgehead atoms. The highest BCUT2D eigenvalue weighted by molar-refractivity contribution is 5.82. The van der Waals surface area contributed by atoms with Crippen molar-refractivity contribution in [3.05, 3.63) is 38.0 Å². The third-order valence-electron chi connectivity index (χ3n) is 3.85. The third kappa shape index (κ3) is 11.9. The van der Waals surface area contributed by atoms with Crippen molar-refractivity contribution in [3.8, 4) is 0 Å². The Morgan fingerprint density at radius 2 is 1.21 bits per heavy atom. The molecular formula is C21H32O8. The largest absolute Gasteiger partial charge is 0.462 e. The molecule has 0 radical (unpaired) electrons. The van der Waals surface area contributed by atoms with Gasteiger partial charge in [-0.05, 0) is 27.2 Å². The molecule has 0 saturated carbocycles. The highest BCUT2D eigenvalue weighted by Crippen LogP contribution is 2.22. The van der Waals surface area contributed by atoms with Gasteiger partial charge in [-0.15, -0.1) is 0 Å². The van der Waals surface area contributed by atoms with Gasteiger partial charge in [0.15, 0.2) is 0 Å². The molecule has 29 heavy (non-hydrogen) atoms. The Morgan fingerprint density at radius 3 is 1.55 bits per heavy atom. The summed E-state index contributed by atoms with van der Waals surface area (Å²) in [6, 6.07) is 0. The normalized spacial score (nSPS) is 11.3. The highest BCUT2D eigenvalue weighted by atomic mass is 16.6. The Morgan fingerprint density at radius 1 is 0.793 bits per heavy atom. The lowest BCUT2D eigenvalue weighted by Crippen LogP contribution is -2.43. The molecule has 0 aromatic rings. The molecule has 0 saturated heterocycles. The summed E-state index contributed by atoms with van der Waals surface area (Å²) >= 11 is 0. The number of esters is 3. The summed E-state index contributed by atoms with van der Waals surface area (Å²) in [6.45, 7) is 16.0. The molecule has 0 unspecified atom stereocenters. The van der Waals surface area contributed by atoms with Crippen LogP contribution in [-0.2, 0) is 38.1 Å². The van der Waals surface area contributed by atoms with Gasteiger partial charge in [-0.2, -0.15) is 0 Å². The summed E-state index contributed by atoms with van der Waals surface area (Å²) in [5.74, 6) is -2.01. The molecule has 0 heterocycles. The monoisotopic (exact) mass is 412 g/mol. The summed E-state index contributed by atoms with van der Waals surface area (Å²) in [6.07, 6.45) is 3.60. The average Bonchev–Trinajstić information content (AvgIpc) is 2.70. The average molecular weight is 412 g/mol. The topological polar surface area (TPSA) is 97.4 Å². The van der Waals surface area contributed by atoms with Crippen LogP contribution < -0.4 is 0 Å². The van der Waals surface area contributed by atoms with Crippen molar-refractivity contribution in [3.63, 3.8) is 0 Å². The standard InChI is InChI=1S/C21H32O8/c1-7-17(22)26-14-21(15-27-18(23)8-2,16-28-19(24)9-3)13-25-12-11-20(5,6)29-10-4/h7-9H,1-3,10-16H2,4-6H3. The molecule has 8 heteroatoms. The van der Waals surface area contributed by atoms with E-state index < -0.39 is 23.3 Å². The molecule has 0 spiro atoms. The molecule has 0 rings (SSSR count). The second-order valence-corrected chi connectivity index (χ2v) is 6.93. The molecular weight excluding hydrogens is 380 g/mol. The van der Waals surface area contributed by atoms with E-state index in [1.807, 2.05) is 20.8 Å². The smallest absolute Gasteiger partial charge is 0.330 e. The minimum atomic E-state index is -1.12. The van der Waals surface area contributed by atoms with Gasteiger partial charge in [-0.1, -0.05) is 19.7 Å². The molecule has 0 aliphatic rings. The Labute approximate surface area is 172 Å². The van der Waals surface area contributed by atoms with Crippen LogP contribution in [-0.4, -0.2) is 63.2 Å². The van der Waals surface area contributed by atoms with Crippen molar-refractivity contribution in [2.45, 2.75) is 32.8 Å². The van der Waals surface area contributed by atoms with Crippen LogP contribution in [0.25, 0.3) is 0 Å². The Hall–Kier alpha value is -2.45. The highest BCUT2D eigenvalue weighted by Gasteiger charge is 2.36. The number of ether oxygens (including phenoxy) is 5. The van der Waals surface area contributed by atoms with E-state index in [9.17, 15) is 14.4 Å². The van der Waals surface area contributed by atoms with E-state index in [1.165, 1.54) is 0 Å². The lowest BCUT2D eigenvalue weighted by molar-refractivity contribution is -0.161. The molecule has 0 fully saturated rings. The van der Waals surface area contributed by atoms with E-state index in [1.54, 1.807) is 0 Å². The second kappa shape index (κ2) is 13.7. The van der Waals surface area contributed by atoms with Gasteiger partial charge in [-0.25, -0.2) is 14.4 Å². The van der Waals surface area contributed by atoms with Crippen LogP contribution in [0.15, 0.2) is 38.0 Å². The summed E-state index contributed by atoms with van der Waals surface area (Å²) in [5, 5.41) is 0. The van der Waals surface area contributed by atoms with Crippen molar-refractivity contribution in [1.29, 1.82) is 0 Å². The van der Waals surface area contributed by atoms with Gasteiger partial charge < -0.3 is 23.7 Å².